The van der Waals surface area contributed by atoms with Gasteiger partial charge in [0, 0.05) is 12.1 Å². The molecule has 1 aliphatic rings. The molecule has 1 aliphatic heterocycles. The van der Waals surface area contributed by atoms with Crippen molar-refractivity contribution in [2.24, 2.45) is 0 Å². The highest BCUT2D eigenvalue weighted by Crippen LogP contribution is 2.32. The first-order chi connectivity index (χ1) is 8.38. The van der Waals surface area contributed by atoms with Crippen LogP contribution in [0.1, 0.15) is 5.56 Å². The molecular weight excluding hydrogens is 286 g/mol. The van der Waals surface area contributed by atoms with Crippen molar-refractivity contribution in [3.8, 4) is 0 Å². The van der Waals surface area contributed by atoms with Crippen molar-refractivity contribution in [2.45, 2.75) is 6.18 Å². The molecule has 0 spiro atoms. The summed E-state index contributed by atoms with van der Waals surface area (Å²) in [7, 11) is 0. The molecule has 1 aromatic rings. The summed E-state index contributed by atoms with van der Waals surface area (Å²) in [6.45, 7) is -0.283. The van der Waals surface area contributed by atoms with Crippen molar-refractivity contribution in [1.82, 2.24) is 5.32 Å². The van der Waals surface area contributed by atoms with E-state index in [1.54, 1.807) is 6.07 Å². The second kappa shape index (κ2) is 4.86. The Morgan fingerprint density at radius 2 is 1.89 bits per heavy atom. The van der Waals surface area contributed by atoms with Crippen LogP contribution in [0.5, 0.6) is 0 Å². The third kappa shape index (κ3) is 2.82. The normalized spacial score (nSPS) is 15.8. The van der Waals surface area contributed by atoms with E-state index < -0.39 is 11.7 Å². The third-order valence-corrected chi connectivity index (χ3v) is 3.15. The summed E-state index contributed by atoms with van der Waals surface area (Å²) < 4.78 is 37.7. The van der Waals surface area contributed by atoms with E-state index in [-0.39, 0.29) is 11.6 Å². The van der Waals surface area contributed by atoms with Gasteiger partial charge in [-0.25, -0.2) is 0 Å². The minimum absolute atomic E-state index is 0.283. The Hall–Kier alpha value is -1.13. The summed E-state index contributed by atoms with van der Waals surface area (Å²) in [6, 6.07) is 4.63. The summed E-state index contributed by atoms with van der Waals surface area (Å²) in [6.07, 6.45) is -0.626. The lowest BCUT2D eigenvalue weighted by Gasteiger charge is -2.17. The van der Waals surface area contributed by atoms with Crippen molar-refractivity contribution in [2.75, 3.05) is 6.54 Å². The molecule has 0 bridgehead atoms. The fourth-order valence-electron chi connectivity index (χ4n) is 1.50. The van der Waals surface area contributed by atoms with Gasteiger partial charge in [0.2, 0.25) is 0 Å². The molecule has 0 saturated carbocycles. The van der Waals surface area contributed by atoms with E-state index in [0.717, 1.165) is 6.08 Å². The van der Waals surface area contributed by atoms with Gasteiger partial charge in [0.1, 0.15) is 0 Å². The number of halogens is 5. The molecule has 1 heterocycles. The molecule has 18 heavy (non-hydrogen) atoms. The zero-order valence-corrected chi connectivity index (χ0v) is 10.4. The number of hydrogen-bond acceptors (Lipinski definition) is 1. The summed E-state index contributed by atoms with van der Waals surface area (Å²) in [4.78, 5) is 0. The van der Waals surface area contributed by atoms with Gasteiger partial charge < -0.3 is 5.32 Å². The molecule has 2 rings (SSSR count). The van der Waals surface area contributed by atoms with E-state index in [9.17, 15) is 13.2 Å². The van der Waals surface area contributed by atoms with Gasteiger partial charge in [-0.05, 0) is 23.8 Å². The Kier molecular flexibility index (Phi) is 3.59. The van der Waals surface area contributed by atoms with Gasteiger partial charge in [-0.2, -0.15) is 13.2 Å². The smallest absolute Gasteiger partial charge is 0.379 e. The lowest BCUT2D eigenvalue weighted by atomic mass is 10.0. The van der Waals surface area contributed by atoms with E-state index >= 15 is 0 Å². The summed E-state index contributed by atoms with van der Waals surface area (Å²) in [5.41, 5.74) is 0.174. The van der Waals surface area contributed by atoms with Crippen LogP contribution in [-0.4, -0.2) is 12.7 Å². The minimum Gasteiger partial charge on any atom is -0.379 e. The zero-order chi connectivity index (χ0) is 13.3. The van der Waals surface area contributed by atoms with Crippen molar-refractivity contribution in [3.63, 3.8) is 0 Å². The van der Waals surface area contributed by atoms with Gasteiger partial charge in [0.05, 0.1) is 21.8 Å². The van der Waals surface area contributed by atoms with Gasteiger partial charge in [-0.1, -0.05) is 29.3 Å². The number of nitrogens with one attached hydrogen (secondary N) is 1. The number of hydrogen-bond donors (Lipinski definition) is 1. The predicted molar refractivity (Wildman–Crippen MR) is 65.3 cm³/mol. The van der Waals surface area contributed by atoms with E-state index in [2.05, 4.69) is 11.5 Å². The monoisotopic (exact) mass is 292 g/mol. The van der Waals surface area contributed by atoms with Crippen LogP contribution in [0.3, 0.4) is 0 Å². The first kappa shape index (κ1) is 13.3. The molecule has 0 saturated heterocycles. The van der Waals surface area contributed by atoms with Crippen LogP contribution in [-0.2, 0) is 0 Å². The highest BCUT2D eigenvalue weighted by Gasteiger charge is 2.34. The van der Waals surface area contributed by atoms with E-state index in [4.69, 9.17) is 23.2 Å². The highest BCUT2D eigenvalue weighted by molar-refractivity contribution is 6.42. The first-order valence-corrected chi connectivity index (χ1v) is 5.72. The Morgan fingerprint density at radius 3 is 2.50 bits per heavy atom. The van der Waals surface area contributed by atoms with Gasteiger partial charge in [-0.15, -0.1) is 0 Å². The predicted octanol–water partition coefficient (Wildman–Crippen LogP) is 4.23. The Bertz CT molecular complexity index is 533. The molecule has 0 unspecified atom stereocenters. The van der Waals surface area contributed by atoms with E-state index in [1.807, 2.05) is 0 Å². The molecule has 1 radical (unpaired) electrons. The van der Waals surface area contributed by atoms with Crippen LogP contribution in [0.25, 0.3) is 5.57 Å². The molecule has 1 aromatic carbocycles. The lowest BCUT2D eigenvalue weighted by molar-refractivity contribution is -0.0928. The maximum Gasteiger partial charge on any atom is 0.414 e. The average Bonchev–Trinajstić information content (AvgIpc) is 2.32. The molecule has 0 aromatic heterocycles. The number of alkyl halides is 3. The van der Waals surface area contributed by atoms with Crippen molar-refractivity contribution in [3.05, 3.63) is 51.7 Å². The van der Waals surface area contributed by atoms with Crippen LogP contribution in [0.4, 0.5) is 13.2 Å². The Labute approximate surface area is 112 Å². The van der Waals surface area contributed by atoms with Crippen LogP contribution in [0.2, 0.25) is 10.0 Å². The number of rotatable bonds is 1. The van der Waals surface area contributed by atoms with Crippen LogP contribution in [0.15, 0.2) is 29.8 Å². The quantitative estimate of drug-likeness (QED) is 0.817. The summed E-state index contributed by atoms with van der Waals surface area (Å²) >= 11 is 11.6. The van der Waals surface area contributed by atoms with Crippen LogP contribution in [0, 0.1) is 6.20 Å². The highest BCUT2D eigenvalue weighted by atomic mass is 35.5. The third-order valence-electron chi connectivity index (χ3n) is 2.42. The van der Waals surface area contributed by atoms with Crippen molar-refractivity contribution in [1.29, 1.82) is 0 Å². The number of benzene rings is 1. The van der Waals surface area contributed by atoms with Crippen molar-refractivity contribution >= 4 is 28.8 Å². The van der Waals surface area contributed by atoms with Crippen LogP contribution >= 0.6 is 23.2 Å². The standard InChI is InChI=1S/C12H7Cl2F3N/c13-10-2-1-7(4-11(10)14)8-3-9(6-18-5-8)12(15,16)17/h1-4,18H,6H2. The molecular formula is C12H7Cl2F3N. The average molecular weight is 293 g/mol. The number of allylic oxidation sites excluding steroid dienone is 2. The van der Waals surface area contributed by atoms with Crippen LogP contribution < -0.4 is 5.32 Å². The molecule has 95 valence electrons. The lowest BCUT2D eigenvalue weighted by Crippen LogP contribution is -2.25. The molecule has 0 fully saturated rings. The maximum atomic E-state index is 12.6. The molecule has 6 heteroatoms. The van der Waals surface area contributed by atoms with Gasteiger partial charge in [0.15, 0.2) is 0 Å². The fourth-order valence-corrected chi connectivity index (χ4v) is 1.80. The summed E-state index contributed by atoms with van der Waals surface area (Å²) in [5, 5.41) is 3.11. The first-order valence-electron chi connectivity index (χ1n) is 4.97. The second-order valence-electron chi connectivity index (χ2n) is 3.69. The maximum absolute atomic E-state index is 12.6. The van der Waals surface area contributed by atoms with Gasteiger partial charge in [-0.3, -0.25) is 0 Å². The minimum atomic E-state index is -4.35. The number of dihydropyridines is 1. The molecule has 0 aliphatic carbocycles. The SMILES string of the molecule is FC(F)(F)C1=CC(c2ccc(Cl)c(Cl)c2)=[C]NC1. The van der Waals surface area contributed by atoms with E-state index in [1.165, 1.54) is 12.1 Å². The molecule has 1 N–H and O–H groups in total. The second-order valence-corrected chi connectivity index (χ2v) is 4.50. The topological polar surface area (TPSA) is 12.0 Å². The Morgan fingerprint density at radius 1 is 1.17 bits per heavy atom. The molecule has 0 atom stereocenters. The fraction of sp³-hybridized carbons (Fsp3) is 0.167. The largest absolute Gasteiger partial charge is 0.414 e. The summed E-state index contributed by atoms with van der Waals surface area (Å²) in [5.74, 6) is 0. The zero-order valence-electron chi connectivity index (χ0n) is 8.91. The van der Waals surface area contributed by atoms with Gasteiger partial charge >= 0.3 is 6.18 Å². The molecule has 1 nitrogen and oxygen atoms in total. The Balaban J connectivity index is 2.37. The van der Waals surface area contributed by atoms with Gasteiger partial charge in [0.25, 0.3) is 0 Å². The van der Waals surface area contributed by atoms with Crippen molar-refractivity contribution < 1.29 is 13.2 Å². The molecule has 0 amide bonds. The van der Waals surface area contributed by atoms with E-state index in [0.29, 0.717) is 16.2 Å².